The molecular weight excluding hydrogens is 285 g/mol. The third kappa shape index (κ3) is 1.39. The number of benzene rings is 1. The van der Waals surface area contributed by atoms with Crippen LogP contribution in [0.5, 0.6) is 0 Å². The van der Waals surface area contributed by atoms with Gasteiger partial charge in [-0.25, -0.2) is 9.29 Å². The number of fused-ring (bicyclic) bond motifs is 5. The summed E-state index contributed by atoms with van der Waals surface area (Å²) in [4.78, 5) is 26.0. The summed E-state index contributed by atoms with van der Waals surface area (Å²) in [5.74, 6) is -2.14. The van der Waals surface area contributed by atoms with Crippen LogP contribution < -0.4 is 4.90 Å². The van der Waals surface area contributed by atoms with Gasteiger partial charge in [0.15, 0.2) is 0 Å². The standard InChI is InChI=1S/C14H9ClFNO3/c15-7-5-6(1-2-8(7)16)17-13(18)11-9-3-4-10(20-9)12(11)14(17)19/h1-5,9-12H/t9-,10-,11-,12-/m1/s1. The van der Waals surface area contributed by atoms with Gasteiger partial charge in [-0.15, -0.1) is 0 Å². The van der Waals surface area contributed by atoms with Gasteiger partial charge in [0.1, 0.15) is 5.82 Å². The zero-order chi connectivity index (χ0) is 14.0. The molecule has 2 amide bonds. The molecule has 2 saturated heterocycles. The Morgan fingerprint density at radius 2 is 1.70 bits per heavy atom. The van der Waals surface area contributed by atoms with Crippen molar-refractivity contribution in [2.24, 2.45) is 11.8 Å². The van der Waals surface area contributed by atoms with E-state index in [0.29, 0.717) is 5.69 Å². The minimum absolute atomic E-state index is 0.113. The van der Waals surface area contributed by atoms with Crippen molar-refractivity contribution < 1.29 is 18.7 Å². The van der Waals surface area contributed by atoms with Crippen LogP contribution in [-0.4, -0.2) is 24.0 Å². The van der Waals surface area contributed by atoms with Crippen LogP contribution in [0.25, 0.3) is 0 Å². The van der Waals surface area contributed by atoms with E-state index in [0.717, 1.165) is 11.0 Å². The molecule has 0 saturated carbocycles. The van der Waals surface area contributed by atoms with Gasteiger partial charge in [0.25, 0.3) is 0 Å². The number of carbonyl (C=O) groups is 2. The molecule has 0 spiro atoms. The van der Waals surface area contributed by atoms with Gasteiger partial charge in [0.2, 0.25) is 11.8 Å². The number of imide groups is 1. The first-order chi connectivity index (χ1) is 9.58. The first-order valence-corrected chi connectivity index (χ1v) is 6.62. The highest BCUT2D eigenvalue weighted by molar-refractivity contribution is 6.31. The Balaban J connectivity index is 1.76. The summed E-state index contributed by atoms with van der Waals surface area (Å²) in [7, 11) is 0. The van der Waals surface area contributed by atoms with E-state index in [1.807, 2.05) is 12.2 Å². The van der Waals surface area contributed by atoms with E-state index >= 15 is 0 Å². The van der Waals surface area contributed by atoms with Gasteiger partial charge in [-0.05, 0) is 18.2 Å². The van der Waals surface area contributed by atoms with Crippen molar-refractivity contribution in [2.75, 3.05) is 4.90 Å². The van der Waals surface area contributed by atoms with Crippen LogP contribution in [0.4, 0.5) is 10.1 Å². The normalized spacial score (nSPS) is 34.2. The van der Waals surface area contributed by atoms with Crippen molar-refractivity contribution in [1.29, 1.82) is 0 Å². The van der Waals surface area contributed by atoms with Crippen molar-refractivity contribution >= 4 is 29.1 Å². The molecule has 6 heteroatoms. The second-order valence-corrected chi connectivity index (χ2v) is 5.52. The summed E-state index contributed by atoms with van der Waals surface area (Å²) in [6, 6.07) is 3.83. The monoisotopic (exact) mass is 293 g/mol. The number of rotatable bonds is 1. The van der Waals surface area contributed by atoms with Crippen molar-refractivity contribution in [2.45, 2.75) is 12.2 Å². The third-order valence-corrected chi connectivity index (χ3v) is 4.36. The van der Waals surface area contributed by atoms with E-state index < -0.39 is 17.7 Å². The average Bonchev–Trinajstić information content (AvgIpc) is 3.08. The highest BCUT2D eigenvalue weighted by atomic mass is 35.5. The van der Waals surface area contributed by atoms with Crippen molar-refractivity contribution in [3.8, 4) is 0 Å². The van der Waals surface area contributed by atoms with Crippen LogP contribution >= 0.6 is 11.6 Å². The number of amides is 2. The predicted octanol–water partition coefficient (Wildman–Crippen LogP) is 1.92. The molecule has 0 N–H and O–H groups in total. The van der Waals surface area contributed by atoms with Gasteiger partial charge in [-0.1, -0.05) is 23.8 Å². The van der Waals surface area contributed by atoms with E-state index in [1.165, 1.54) is 12.1 Å². The highest BCUT2D eigenvalue weighted by Crippen LogP contribution is 2.46. The number of carbonyl (C=O) groups excluding carboxylic acids is 2. The first kappa shape index (κ1) is 12.1. The van der Waals surface area contributed by atoms with Gasteiger partial charge in [-0.2, -0.15) is 0 Å². The number of ether oxygens (including phenoxy) is 1. The molecule has 2 bridgehead atoms. The predicted molar refractivity (Wildman–Crippen MR) is 68.7 cm³/mol. The topological polar surface area (TPSA) is 46.6 Å². The molecule has 2 fully saturated rings. The summed E-state index contributed by atoms with van der Waals surface area (Å²) >= 11 is 5.72. The summed E-state index contributed by atoms with van der Waals surface area (Å²) in [5.41, 5.74) is 0.306. The van der Waals surface area contributed by atoms with Gasteiger partial charge in [-0.3, -0.25) is 9.59 Å². The Bertz CT molecular complexity index is 644. The number of hydrogen-bond acceptors (Lipinski definition) is 3. The molecule has 0 aliphatic carbocycles. The maximum atomic E-state index is 13.2. The lowest BCUT2D eigenvalue weighted by atomic mass is 9.85. The van der Waals surface area contributed by atoms with Crippen molar-refractivity contribution in [1.82, 2.24) is 0 Å². The molecule has 3 aliphatic rings. The molecule has 1 aromatic carbocycles. The lowest BCUT2D eigenvalue weighted by Gasteiger charge is -2.17. The summed E-state index contributed by atoms with van der Waals surface area (Å²) < 4.78 is 18.7. The highest BCUT2D eigenvalue weighted by Gasteiger charge is 2.61. The molecule has 3 heterocycles. The fraction of sp³-hybridized carbons (Fsp3) is 0.286. The van der Waals surface area contributed by atoms with Crippen LogP contribution in [0.15, 0.2) is 30.4 Å². The summed E-state index contributed by atoms with van der Waals surface area (Å²) in [5, 5.41) is -0.113. The fourth-order valence-electron chi connectivity index (χ4n) is 3.18. The van der Waals surface area contributed by atoms with Gasteiger partial charge in [0.05, 0.1) is 34.8 Å². The SMILES string of the molecule is O=C1[C@H]2[C@H](C(=O)N1c1ccc(F)c(Cl)c1)[C@H]1C=C[C@H]2O1. The minimum atomic E-state index is -0.584. The van der Waals surface area contributed by atoms with E-state index in [-0.39, 0.29) is 29.0 Å². The van der Waals surface area contributed by atoms with Gasteiger partial charge < -0.3 is 4.74 Å². The molecule has 4 rings (SSSR count). The zero-order valence-corrected chi connectivity index (χ0v) is 10.9. The number of hydrogen-bond donors (Lipinski definition) is 0. The van der Waals surface area contributed by atoms with Crippen LogP contribution in [0.2, 0.25) is 5.02 Å². The van der Waals surface area contributed by atoms with E-state index in [9.17, 15) is 14.0 Å². The molecule has 4 nitrogen and oxygen atoms in total. The largest absolute Gasteiger partial charge is 0.365 e. The number of anilines is 1. The first-order valence-electron chi connectivity index (χ1n) is 6.24. The zero-order valence-electron chi connectivity index (χ0n) is 10.1. The molecule has 0 unspecified atom stereocenters. The third-order valence-electron chi connectivity index (χ3n) is 4.07. The Hall–Kier alpha value is -1.72. The molecule has 102 valence electrons. The van der Waals surface area contributed by atoms with Crippen LogP contribution in [0.1, 0.15) is 0 Å². The summed E-state index contributed by atoms with van der Waals surface area (Å²) in [6.45, 7) is 0. The molecule has 3 aliphatic heterocycles. The second-order valence-electron chi connectivity index (χ2n) is 5.11. The molecule has 4 atom stereocenters. The molecule has 0 radical (unpaired) electrons. The van der Waals surface area contributed by atoms with E-state index in [2.05, 4.69) is 0 Å². The lowest BCUT2D eigenvalue weighted by molar-refractivity contribution is -0.124. The minimum Gasteiger partial charge on any atom is -0.365 e. The van der Waals surface area contributed by atoms with Crippen molar-refractivity contribution in [3.63, 3.8) is 0 Å². The quantitative estimate of drug-likeness (QED) is 0.587. The smallest absolute Gasteiger partial charge is 0.240 e. The van der Waals surface area contributed by atoms with Gasteiger partial charge in [0, 0.05) is 0 Å². The second kappa shape index (κ2) is 3.90. The Labute approximate surface area is 118 Å². The fourth-order valence-corrected chi connectivity index (χ4v) is 3.36. The Morgan fingerprint density at radius 1 is 1.10 bits per heavy atom. The van der Waals surface area contributed by atoms with E-state index in [4.69, 9.17) is 16.3 Å². The van der Waals surface area contributed by atoms with E-state index in [1.54, 1.807) is 0 Å². The molecular formula is C14H9ClFNO3. The van der Waals surface area contributed by atoms with Crippen LogP contribution in [0.3, 0.4) is 0 Å². The maximum absolute atomic E-state index is 13.2. The Morgan fingerprint density at radius 3 is 2.25 bits per heavy atom. The van der Waals surface area contributed by atoms with Gasteiger partial charge >= 0.3 is 0 Å². The van der Waals surface area contributed by atoms with Crippen LogP contribution in [0, 0.1) is 17.7 Å². The summed E-state index contributed by atoms with van der Waals surface area (Å²) in [6.07, 6.45) is 2.97. The molecule has 20 heavy (non-hydrogen) atoms. The Kier molecular flexibility index (Phi) is 2.35. The molecule has 1 aromatic rings. The lowest BCUT2D eigenvalue weighted by Crippen LogP contribution is -2.34. The molecule has 0 aromatic heterocycles. The number of halogens is 2. The average molecular weight is 294 g/mol. The number of nitrogens with zero attached hydrogens (tertiary/aromatic N) is 1. The van der Waals surface area contributed by atoms with Crippen LogP contribution in [-0.2, 0) is 14.3 Å². The van der Waals surface area contributed by atoms with Crippen molar-refractivity contribution in [3.05, 3.63) is 41.2 Å². The maximum Gasteiger partial charge on any atom is 0.240 e.